The van der Waals surface area contributed by atoms with Crippen LogP contribution < -0.4 is 10.1 Å². The fourth-order valence-corrected chi connectivity index (χ4v) is 2.62. The number of carbonyl (C=O) groups is 3. The highest BCUT2D eigenvalue weighted by Gasteiger charge is 2.36. The minimum atomic E-state index is -1.52. The maximum Gasteiger partial charge on any atom is 0.323 e. The van der Waals surface area contributed by atoms with Gasteiger partial charge in [-0.25, -0.2) is 4.98 Å². The van der Waals surface area contributed by atoms with Crippen molar-refractivity contribution in [3.63, 3.8) is 0 Å². The Kier molecular flexibility index (Phi) is 5.59. The smallest absolute Gasteiger partial charge is 0.323 e. The van der Waals surface area contributed by atoms with Gasteiger partial charge >= 0.3 is 5.97 Å². The number of hydrogen-bond donors (Lipinski definition) is 1. The van der Waals surface area contributed by atoms with E-state index in [0.717, 1.165) is 7.11 Å². The van der Waals surface area contributed by atoms with Gasteiger partial charge in [0.1, 0.15) is 5.75 Å². The summed E-state index contributed by atoms with van der Waals surface area (Å²) in [5.41, 5.74) is 1.49. The first-order chi connectivity index (χ1) is 13.5. The third-order valence-corrected chi connectivity index (χ3v) is 4.01. The molecule has 0 unspecified atom stereocenters. The molecule has 0 aliphatic carbocycles. The Hall–Kier alpha value is -3.81. The van der Waals surface area contributed by atoms with Crippen LogP contribution in [0.4, 0.5) is 5.69 Å². The van der Waals surface area contributed by atoms with E-state index >= 15 is 0 Å². The number of methoxy groups -OCH3 is 2. The zero-order valence-corrected chi connectivity index (χ0v) is 15.2. The number of Topliss-reactive ketones (excluding diaryl/α,β-unsaturated/α-hetero) is 1. The van der Waals surface area contributed by atoms with Gasteiger partial charge in [0, 0.05) is 11.8 Å². The average Bonchev–Trinajstić information content (AvgIpc) is 2.73. The largest absolute Gasteiger partial charge is 0.497 e. The van der Waals surface area contributed by atoms with Crippen LogP contribution in [0.3, 0.4) is 0 Å². The van der Waals surface area contributed by atoms with Crippen molar-refractivity contribution < 1.29 is 23.9 Å². The maximum absolute atomic E-state index is 12.7. The molecular weight excluding hydrogens is 362 g/mol. The van der Waals surface area contributed by atoms with Crippen molar-refractivity contribution in [1.29, 1.82) is 0 Å². The van der Waals surface area contributed by atoms with E-state index in [1.165, 1.54) is 13.3 Å². The van der Waals surface area contributed by atoms with Gasteiger partial charge in [-0.2, -0.15) is 0 Å². The zero-order valence-electron chi connectivity index (χ0n) is 15.2. The summed E-state index contributed by atoms with van der Waals surface area (Å²) < 4.78 is 9.79. The number of hydrogen-bond acceptors (Lipinski definition) is 7. The van der Waals surface area contributed by atoms with Crippen LogP contribution in [0.5, 0.6) is 5.75 Å². The van der Waals surface area contributed by atoms with Gasteiger partial charge in [0.05, 0.1) is 37.1 Å². The number of para-hydroxylation sites is 2. The monoisotopic (exact) mass is 379 g/mol. The van der Waals surface area contributed by atoms with E-state index in [4.69, 9.17) is 9.47 Å². The summed E-state index contributed by atoms with van der Waals surface area (Å²) in [7, 11) is 2.62. The number of nitrogens with zero attached hydrogens (tertiary/aromatic N) is 2. The first-order valence-corrected chi connectivity index (χ1v) is 8.32. The van der Waals surface area contributed by atoms with Crippen LogP contribution in [0.2, 0.25) is 0 Å². The van der Waals surface area contributed by atoms with Crippen molar-refractivity contribution >= 4 is 34.4 Å². The molecule has 2 aromatic carbocycles. The first-order valence-electron chi connectivity index (χ1n) is 8.32. The van der Waals surface area contributed by atoms with Crippen molar-refractivity contribution in [2.75, 3.05) is 19.5 Å². The van der Waals surface area contributed by atoms with Crippen molar-refractivity contribution in [2.45, 2.75) is 5.92 Å². The number of carbonyl (C=O) groups excluding carboxylic acids is 3. The summed E-state index contributed by atoms with van der Waals surface area (Å²) in [6, 6.07) is 13.5. The average molecular weight is 379 g/mol. The van der Waals surface area contributed by atoms with Gasteiger partial charge in [-0.05, 0) is 24.3 Å². The van der Waals surface area contributed by atoms with Crippen LogP contribution in [0.1, 0.15) is 11.6 Å². The summed E-state index contributed by atoms with van der Waals surface area (Å²) in [5, 5.41) is 2.46. The van der Waals surface area contributed by atoms with Crippen LogP contribution in [-0.2, 0) is 19.1 Å². The predicted molar refractivity (Wildman–Crippen MR) is 101 cm³/mol. The molecule has 1 heterocycles. The normalized spacial score (nSPS) is 11.5. The second-order valence-corrected chi connectivity index (χ2v) is 5.79. The highest BCUT2D eigenvalue weighted by Crippen LogP contribution is 2.21. The first kappa shape index (κ1) is 19.0. The molecule has 3 aromatic rings. The van der Waals surface area contributed by atoms with Gasteiger partial charge in [-0.15, -0.1) is 0 Å². The molecule has 0 aliphatic rings. The number of nitrogens with one attached hydrogen (secondary N) is 1. The van der Waals surface area contributed by atoms with E-state index in [-0.39, 0.29) is 5.69 Å². The fraction of sp³-hybridized carbons (Fsp3) is 0.150. The molecule has 0 aliphatic heterocycles. The molecule has 1 amide bonds. The molecule has 0 bridgehead atoms. The van der Waals surface area contributed by atoms with Gasteiger partial charge in [-0.3, -0.25) is 19.4 Å². The molecule has 8 heteroatoms. The van der Waals surface area contributed by atoms with Gasteiger partial charge in [-0.1, -0.05) is 18.2 Å². The van der Waals surface area contributed by atoms with Gasteiger partial charge in [0.2, 0.25) is 5.78 Å². The van der Waals surface area contributed by atoms with Gasteiger partial charge < -0.3 is 14.8 Å². The topological polar surface area (TPSA) is 107 Å². The molecule has 0 radical (unpaired) electrons. The molecule has 142 valence electrons. The minimum Gasteiger partial charge on any atom is -0.497 e. The standard InChI is InChI=1S/C20H17N3O5/c1-27-13-7-5-6-12(10-13)22-19(25)18(24)17(20(26)28-2)16-11-21-14-8-3-4-9-15(14)23-16/h3-11,17H,1-2H3,(H,22,25)/t17-/m0/s1. The van der Waals surface area contributed by atoms with E-state index < -0.39 is 23.6 Å². The zero-order chi connectivity index (χ0) is 20.1. The molecule has 0 saturated heterocycles. The summed E-state index contributed by atoms with van der Waals surface area (Å²) in [5.74, 6) is -3.88. The van der Waals surface area contributed by atoms with Crippen LogP contribution in [0.15, 0.2) is 54.7 Å². The van der Waals surface area contributed by atoms with Crippen molar-refractivity contribution in [3.8, 4) is 5.75 Å². The second kappa shape index (κ2) is 8.26. The number of ketones is 1. The fourth-order valence-electron chi connectivity index (χ4n) is 2.62. The van der Waals surface area contributed by atoms with E-state index in [1.807, 2.05) is 0 Å². The highest BCUT2D eigenvalue weighted by atomic mass is 16.5. The van der Waals surface area contributed by atoms with Gasteiger partial charge in [0.25, 0.3) is 5.91 Å². The third-order valence-electron chi connectivity index (χ3n) is 4.01. The van der Waals surface area contributed by atoms with E-state index in [9.17, 15) is 14.4 Å². The number of amides is 1. The van der Waals surface area contributed by atoms with Crippen molar-refractivity contribution in [1.82, 2.24) is 9.97 Å². The molecule has 1 N–H and O–H groups in total. The van der Waals surface area contributed by atoms with E-state index in [1.54, 1.807) is 48.5 Å². The van der Waals surface area contributed by atoms with Crippen molar-refractivity contribution in [2.24, 2.45) is 0 Å². The molecule has 1 aromatic heterocycles. The number of ether oxygens (including phenoxy) is 2. The lowest BCUT2D eigenvalue weighted by molar-refractivity contribution is -0.148. The van der Waals surface area contributed by atoms with Gasteiger partial charge in [0.15, 0.2) is 5.92 Å². The summed E-state index contributed by atoms with van der Waals surface area (Å²) in [6.07, 6.45) is 1.29. The number of aromatic nitrogens is 2. The Morgan fingerprint density at radius 3 is 2.46 bits per heavy atom. The molecule has 3 rings (SSSR count). The number of rotatable bonds is 6. The Labute approximate surface area is 160 Å². The maximum atomic E-state index is 12.7. The van der Waals surface area contributed by atoms with E-state index in [0.29, 0.717) is 22.5 Å². The minimum absolute atomic E-state index is 0.0383. The number of esters is 1. The molecule has 0 fully saturated rings. The molecule has 0 saturated carbocycles. The summed E-state index contributed by atoms with van der Waals surface area (Å²) in [4.78, 5) is 45.9. The van der Waals surface area contributed by atoms with Crippen LogP contribution in [-0.4, -0.2) is 41.8 Å². The van der Waals surface area contributed by atoms with Crippen LogP contribution >= 0.6 is 0 Å². The predicted octanol–water partition coefficient (Wildman–Crippen LogP) is 2.10. The number of fused-ring (bicyclic) bond motifs is 1. The quantitative estimate of drug-likeness (QED) is 0.397. The highest BCUT2D eigenvalue weighted by molar-refractivity contribution is 6.45. The Morgan fingerprint density at radius 2 is 1.75 bits per heavy atom. The summed E-state index contributed by atoms with van der Waals surface area (Å²) >= 11 is 0. The SMILES string of the molecule is COC(=O)[C@H](C(=O)C(=O)Nc1cccc(OC)c1)c1cnc2ccccc2n1. The summed E-state index contributed by atoms with van der Waals surface area (Å²) in [6.45, 7) is 0. The molecule has 0 spiro atoms. The Morgan fingerprint density at radius 1 is 1.00 bits per heavy atom. The lowest BCUT2D eigenvalue weighted by Gasteiger charge is -2.13. The van der Waals surface area contributed by atoms with Crippen molar-refractivity contribution in [3.05, 3.63) is 60.4 Å². The third kappa shape index (κ3) is 3.96. The van der Waals surface area contributed by atoms with E-state index in [2.05, 4.69) is 15.3 Å². The molecular formula is C20H17N3O5. The molecule has 28 heavy (non-hydrogen) atoms. The second-order valence-electron chi connectivity index (χ2n) is 5.79. The Bertz CT molecular complexity index is 1050. The van der Waals surface area contributed by atoms with Crippen LogP contribution in [0.25, 0.3) is 11.0 Å². The Balaban J connectivity index is 1.90. The molecule has 8 nitrogen and oxygen atoms in total. The van der Waals surface area contributed by atoms with Crippen LogP contribution in [0, 0.1) is 0 Å². The number of anilines is 1. The molecule has 1 atom stereocenters. The number of benzene rings is 2. The lowest BCUT2D eigenvalue weighted by atomic mass is 9.99. The lowest BCUT2D eigenvalue weighted by Crippen LogP contribution is -2.34.